The summed E-state index contributed by atoms with van der Waals surface area (Å²) in [5.41, 5.74) is -4.77. The highest BCUT2D eigenvalue weighted by Gasteiger charge is 2.46. The minimum Gasteiger partial charge on any atom is -0.384 e. The lowest BCUT2D eigenvalue weighted by molar-refractivity contribution is -0.0436. The number of rotatable bonds is 6. The Morgan fingerprint density at radius 2 is 1.80 bits per heavy atom. The van der Waals surface area contributed by atoms with E-state index >= 15 is 0 Å². The molecule has 1 N–H and O–H groups in total. The Kier molecular flexibility index (Phi) is 5.70. The molecule has 3 nitrogen and oxygen atoms in total. The fraction of sp³-hybridized carbons (Fsp3) is 0.500. The van der Waals surface area contributed by atoms with Crippen LogP contribution in [0.2, 0.25) is 0 Å². The Morgan fingerprint density at radius 3 is 2.25 bits per heavy atom. The van der Waals surface area contributed by atoms with Crippen LogP contribution in [0.1, 0.15) is 19.8 Å². The van der Waals surface area contributed by atoms with Crippen LogP contribution >= 0.6 is 11.6 Å². The Hall–Kier alpha value is -0.950. The van der Waals surface area contributed by atoms with Gasteiger partial charge in [-0.05, 0) is 30.7 Å². The smallest absolute Gasteiger partial charge is 0.384 e. The van der Waals surface area contributed by atoms with Gasteiger partial charge in [0.1, 0.15) is 0 Å². The molecule has 0 radical (unpaired) electrons. The molecule has 0 fully saturated rings. The van der Waals surface area contributed by atoms with Crippen LogP contribution in [0.3, 0.4) is 0 Å². The Labute approximate surface area is 121 Å². The van der Waals surface area contributed by atoms with E-state index in [0.29, 0.717) is 12.2 Å². The van der Waals surface area contributed by atoms with Crippen LogP contribution < -0.4 is 5.32 Å². The van der Waals surface area contributed by atoms with Gasteiger partial charge >= 0.3 is 5.51 Å². The fourth-order valence-electron chi connectivity index (χ4n) is 1.53. The number of anilines is 1. The highest BCUT2D eigenvalue weighted by atomic mass is 35.5. The maximum atomic E-state index is 12.3. The molecule has 0 saturated carbocycles. The van der Waals surface area contributed by atoms with E-state index in [-0.39, 0.29) is 5.38 Å². The third kappa shape index (κ3) is 4.28. The topological polar surface area (TPSA) is 46.2 Å². The first-order valence-corrected chi connectivity index (χ1v) is 7.89. The summed E-state index contributed by atoms with van der Waals surface area (Å²) in [6, 6.07) is 4.42. The first-order valence-electron chi connectivity index (χ1n) is 5.98. The molecular weight excluding hydrogens is 315 g/mol. The SMILES string of the molecule is CCCC(Cl)CNc1ccc(S(=O)(=O)C(F)(F)F)cc1. The van der Waals surface area contributed by atoms with E-state index in [1.54, 1.807) is 0 Å². The summed E-state index contributed by atoms with van der Waals surface area (Å²) in [5, 5.41) is 2.85. The second-order valence-corrected chi connectivity index (χ2v) is 6.80. The Morgan fingerprint density at radius 1 is 1.25 bits per heavy atom. The van der Waals surface area contributed by atoms with Crippen molar-refractivity contribution in [3.8, 4) is 0 Å². The molecule has 1 aromatic rings. The van der Waals surface area contributed by atoms with Crippen molar-refractivity contribution < 1.29 is 21.6 Å². The second kappa shape index (κ2) is 6.67. The van der Waals surface area contributed by atoms with Gasteiger partial charge in [0.2, 0.25) is 0 Å². The second-order valence-electron chi connectivity index (χ2n) is 4.24. The maximum absolute atomic E-state index is 12.3. The molecule has 0 spiro atoms. The first-order chi connectivity index (χ1) is 9.18. The molecular formula is C12H15ClF3NO2S. The van der Waals surface area contributed by atoms with Crippen molar-refractivity contribution in [2.75, 3.05) is 11.9 Å². The molecule has 0 saturated heterocycles. The summed E-state index contributed by atoms with van der Waals surface area (Å²) in [6.45, 7) is 2.45. The number of hydrogen-bond acceptors (Lipinski definition) is 3. The minimum atomic E-state index is -5.29. The first kappa shape index (κ1) is 17.1. The van der Waals surface area contributed by atoms with Gasteiger partial charge < -0.3 is 5.32 Å². The molecule has 0 aromatic heterocycles. The summed E-state index contributed by atoms with van der Waals surface area (Å²) in [4.78, 5) is -0.772. The van der Waals surface area contributed by atoms with E-state index in [9.17, 15) is 21.6 Å². The van der Waals surface area contributed by atoms with Crippen molar-refractivity contribution in [2.24, 2.45) is 0 Å². The molecule has 0 aliphatic rings. The van der Waals surface area contributed by atoms with Crippen molar-refractivity contribution in [1.82, 2.24) is 0 Å². The number of hydrogen-bond donors (Lipinski definition) is 1. The van der Waals surface area contributed by atoms with Crippen molar-refractivity contribution in [2.45, 2.75) is 35.5 Å². The molecule has 0 amide bonds. The maximum Gasteiger partial charge on any atom is 0.501 e. The Balaban J connectivity index is 2.75. The van der Waals surface area contributed by atoms with E-state index in [2.05, 4.69) is 5.32 Å². The number of sulfone groups is 1. The minimum absolute atomic E-state index is 0.0846. The van der Waals surface area contributed by atoms with E-state index in [1.165, 1.54) is 12.1 Å². The average molecular weight is 330 g/mol. The highest BCUT2D eigenvalue weighted by molar-refractivity contribution is 7.92. The molecule has 0 aliphatic heterocycles. The zero-order valence-corrected chi connectivity index (χ0v) is 12.3. The van der Waals surface area contributed by atoms with Gasteiger partial charge in [-0.2, -0.15) is 13.2 Å². The van der Waals surface area contributed by atoms with Gasteiger partial charge in [0.05, 0.1) is 10.3 Å². The predicted octanol–water partition coefficient (Wildman–Crippen LogP) is 3.80. The summed E-state index contributed by atoms with van der Waals surface area (Å²) in [6.07, 6.45) is 1.74. The zero-order chi connectivity index (χ0) is 15.4. The van der Waals surface area contributed by atoms with E-state index < -0.39 is 20.2 Å². The molecule has 1 rings (SSSR count). The normalized spacial score (nSPS) is 14.1. The van der Waals surface area contributed by atoms with Gasteiger partial charge in [-0.15, -0.1) is 11.6 Å². The molecule has 1 aromatic carbocycles. The van der Waals surface area contributed by atoms with Gasteiger partial charge in [-0.25, -0.2) is 8.42 Å². The van der Waals surface area contributed by atoms with Crippen LogP contribution in [0, 0.1) is 0 Å². The molecule has 0 heterocycles. The van der Waals surface area contributed by atoms with Crippen LogP contribution in [0.4, 0.5) is 18.9 Å². The van der Waals surface area contributed by atoms with Gasteiger partial charge in [0, 0.05) is 12.2 Å². The Bertz CT molecular complexity index is 529. The zero-order valence-electron chi connectivity index (χ0n) is 10.7. The van der Waals surface area contributed by atoms with Gasteiger partial charge in [-0.3, -0.25) is 0 Å². The fourth-order valence-corrected chi connectivity index (χ4v) is 2.59. The molecule has 1 unspecified atom stereocenters. The summed E-state index contributed by atoms with van der Waals surface area (Å²) in [5.74, 6) is 0. The summed E-state index contributed by atoms with van der Waals surface area (Å²) < 4.78 is 59.3. The van der Waals surface area contributed by atoms with Crippen LogP contribution in [0.15, 0.2) is 29.2 Å². The third-order valence-electron chi connectivity index (χ3n) is 2.60. The molecule has 0 aliphatic carbocycles. The molecule has 1 atom stereocenters. The van der Waals surface area contributed by atoms with Crippen LogP contribution in [0.25, 0.3) is 0 Å². The third-order valence-corrected chi connectivity index (χ3v) is 4.47. The van der Waals surface area contributed by atoms with Crippen molar-refractivity contribution in [3.05, 3.63) is 24.3 Å². The monoisotopic (exact) mass is 329 g/mol. The van der Waals surface area contributed by atoms with E-state index in [0.717, 1.165) is 25.0 Å². The standard InChI is InChI=1S/C12H15ClF3NO2S/c1-2-3-9(13)8-17-10-4-6-11(7-5-10)20(18,19)12(14,15)16/h4-7,9,17H,2-3,8H2,1H3. The number of alkyl halides is 4. The van der Waals surface area contributed by atoms with Crippen LogP contribution in [-0.4, -0.2) is 25.8 Å². The quantitative estimate of drug-likeness (QED) is 0.807. The lowest BCUT2D eigenvalue weighted by atomic mass is 10.2. The van der Waals surface area contributed by atoms with Gasteiger partial charge in [0.15, 0.2) is 0 Å². The van der Waals surface area contributed by atoms with E-state index in [4.69, 9.17) is 11.6 Å². The lowest BCUT2D eigenvalue weighted by Crippen LogP contribution is -2.23. The summed E-state index contributed by atoms with van der Waals surface area (Å²) >= 11 is 5.99. The predicted molar refractivity (Wildman–Crippen MR) is 72.7 cm³/mol. The summed E-state index contributed by atoms with van der Waals surface area (Å²) in [7, 11) is -5.29. The number of benzene rings is 1. The molecule has 8 heteroatoms. The number of nitrogens with one attached hydrogen (secondary N) is 1. The van der Waals surface area contributed by atoms with Crippen molar-refractivity contribution >= 4 is 27.1 Å². The molecule has 20 heavy (non-hydrogen) atoms. The number of halogens is 4. The molecule has 114 valence electrons. The van der Waals surface area contributed by atoms with Crippen molar-refractivity contribution in [1.29, 1.82) is 0 Å². The van der Waals surface area contributed by atoms with Crippen molar-refractivity contribution in [3.63, 3.8) is 0 Å². The average Bonchev–Trinajstić information content (AvgIpc) is 2.36. The lowest BCUT2D eigenvalue weighted by Gasteiger charge is -2.12. The van der Waals surface area contributed by atoms with Gasteiger partial charge in [-0.1, -0.05) is 13.3 Å². The highest BCUT2D eigenvalue weighted by Crippen LogP contribution is 2.30. The van der Waals surface area contributed by atoms with Crippen LogP contribution in [0.5, 0.6) is 0 Å². The van der Waals surface area contributed by atoms with Gasteiger partial charge in [0.25, 0.3) is 9.84 Å². The van der Waals surface area contributed by atoms with E-state index in [1.807, 2.05) is 6.92 Å². The van der Waals surface area contributed by atoms with Crippen LogP contribution in [-0.2, 0) is 9.84 Å². The largest absolute Gasteiger partial charge is 0.501 e. The molecule has 0 bridgehead atoms.